The number of benzene rings is 2. The molecule has 10 nitrogen and oxygen atoms in total. The van der Waals surface area contributed by atoms with E-state index in [9.17, 15) is 16.8 Å². The molecule has 5 heterocycles. The Morgan fingerprint density at radius 2 is 1.07 bits per heavy atom. The number of halogens is 1. The van der Waals surface area contributed by atoms with Crippen molar-refractivity contribution in [3.8, 4) is 0 Å². The lowest BCUT2D eigenvalue weighted by Gasteiger charge is -2.32. The first-order valence-corrected chi connectivity index (χ1v) is 18.0. The third-order valence-electron chi connectivity index (χ3n) is 8.15. The van der Waals surface area contributed by atoms with Gasteiger partial charge in [0.15, 0.2) is 11.3 Å². The lowest BCUT2D eigenvalue weighted by molar-refractivity contribution is 0.00578. The van der Waals surface area contributed by atoms with E-state index in [1.54, 1.807) is 91.4 Å². The lowest BCUT2D eigenvalue weighted by atomic mass is 9.79. The summed E-state index contributed by atoms with van der Waals surface area (Å²) < 4.78 is 66.8. The fourth-order valence-electron chi connectivity index (χ4n) is 4.98. The molecule has 46 heavy (non-hydrogen) atoms. The van der Waals surface area contributed by atoms with Crippen LogP contribution >= 0.6 is 15.9 Å². The fraction of sp³-hybridized carbons (Fsp3) is 0.188. The van der Waals surface area contributed by atoms with Crippen molar-refractivity contribution in [1.82, 2.24) is 17.9 Å². The second-order valence-corrected chi connectivity index (χ2v) is 16.1. The molecule has 236 valence electrons. The van der Waals surface area contributed by atoms with Gasteiger partial charge in [-0.25, -0.2) is 34.7 Å². The van der Waals surface area contributed by atoms with Crippen LogP contribution in [0, 0.1) is 0 Å². The van der Waals surface area contributed by atoms with E-state index in [2.05, 4.69) is 25.9 Å². The van der Waals surface area contributed by atoms with Crippen LogP contribution in [-0.4, -0.2) is 53.1 Å². The van der Waals surface area contributed by atoms with Gasteiger partial charge in [-0.1, -0.05) is 36.4 Å². The zero-order valence-corrected chi connectivity index (χ0v) is 28.6. The third kappa shape index (κ3) is 5.58. The fourth-order valence-corrected chi connectivity index (χ4v) is 8.33. The Balaban J connectivity index is 0.000000172. The van der Waals surface area contributed by atoms with Crippen LogP contribution in [0.3, 0.4) is 0 Å². The molecule has 0 N–H and O–H groups in total. The number of pyridine rings is 2. The van der Waals surface area contributed by atoms with Gasteiger partial charge in [-0.3, -0.25) is 0 Å². The molecule has 1 aliphatic heterocycles. The Morgan fingerprint density at radius 1 is 0.630 bits per heavy atom. The number of rotatable bonds is 5. The minimum absolute atomic E-state index is 0.202. The van der Waals surface area contributed by atoms with Gasteiger partial charge in [0.25, 0.3) is 20.0 Å². The van der Waals surface area contributed by atoms with Crippen molar-refractivity contribution in [3.63, 3.8) is 0 Å². The molecule has 2 aromatic carbocycles. The first-order chi connectivity index (χ1) is 21.7. The molecule has 0 atom stereocenters. The van der Waals surface area contributed by atoms with Gasteiger partial charge < -0.3 is 9.31 Å². The predicted octanol–water partition coefficient (Wildman–Crippen LogP) is 5.61. The molecule has 1 saturated heterocycles. The molecule has 14 heteroatoms. The Bertz CT molecular complexity index is 2260. The van der Waals surface area contributed by atoms with Gasteiger partial charge >= 0.3 is 7.12 Å². The molecular formula is C32H30BBrN4O6S2. The maximum absolute atomic E-state index is 13.2. The van der Waals surface area contributed by atoms with Gasteiger partial charge in [0.05, 0.1) is 21.0 Å². The SMILES string of the molecule is CC1(C)OB(c2cn(S(=O)(=O)c3ccccc3)c3ncccc23)OC1(C)C.O=S(=O)(c1ccccc1)n1cc(Br)c2cccnc21. The summed E-state index contributed by atoms with van der Waals surface area (Å²) in [6.07, 6.45) is 6.24. The topological polar surface area (TPSA) is 122 Å². The molecule has 0 spiro atoms. The molecule has 0 amide bonds. The maximum atomic E-state index is 13.2. The largest absolute Gasteiger partial charge is 0.497 e. The van der Waals surface area contributed by atoms with Crippen molar-refractivity contribution in [2.24, 2.45) is 0 Å². The van der Waals surface area contributed by atoms with Crippen LogP contribution in [0.15, 0.2) is 124 Å². The van der Waals surface area contributed by atoms with Crippen molar-refractivity contribution in [2.45, 2.75) is 48.7 Å². The average molecular weight is 721 g/mol. The van der Waals surface area contributed by atoms with Gasteiger partial charge in [0.2, 0.25) is 0 Å². The summed E-state index contributed by atoms with van der Waals surface area (Å²) in [6, 6.07) is 23.8. The second-order valence-electron chi connectivity index (χ2n) is 11.6. The Hall–Kier alpha value is -3.82. The summed E-state index contributed by atoms with van der Waals surface area (Å²) in [5.74, 6) is 0. The number of fused-ring (bicyclic) bond motifs is 2. The van der Waals surface area contributed by atoms with E-state index in [0.29, 0.717) is 26.6 Å². The molecule has 1 fully saturated rings. The third-order valence-corrected chi connectivity index (χ3v) is 12.1. The predicted molar refractivity (Wildman–Crippen MR) is 181 cm³/mol. The Morgan fingerprint density at radius 3 is 1.57 bits per heavy atom. The number of nitrogens with zero attached hydrogens (tertiary/aromatic N) is 4. The van der Waals surface area contributed by atoms with E-state index in [1.165, 1.54) is 14.1 Å². The minimum Gasteiger partial charge on any atom is -0.399 e. The van der Waals surface area contributed by atoms with Crippen LogP contribution in [0.4, 0.5) is 0 Å². The first kappa shape index (κ1) is 32.1. The van der Waals surface area contributed by atoms with Crippen molar-refractivity contribution >= 4 is 70.6 Å². The monoisotopic (exact) mass is 720 g/mol. The van der Waals surface area contributed by atoms with E-state index in [1.807, 2.05) is 39.8 Å². The molecule has 6 aromatic rings. The molecule has 0 aliphatic carbocycles. The van der Waals surface area contributed by atoms with Crippen LogP contribution in [0.2, 0.25) is 0 Å². The van der Waals surface area contributed by atoms with Crippen LogP contribution < -0.4 is 5.46 Å². The maximum Gasteiger partial charge on any atom is 0.497 e. The highest BCUT2D eigenvalue weighted by atomic mass is 79.9. The van der Waals surface area contributed by atoms with E-state index in [-0.39, 0.29) is 9.79 Å². The van der Waals surface area contributed by atoms with Crippen LogP contribution in [0.25, 0.3) is 22.1 Å². The number of hydrogen-bond donors (Lipinski definition) is 0. The highest BCUT2D eigenvalue weighted by molar-refractivity contribution is 9.10. The molecule has 1 aliphatic rings. The van der Waals surface area contributed by atoms with Gasteiger partial charge in [-0.15, -0.1) is 0 Å². The summed E-state index contributed by atoms with van der Waals surface area (Å²) in [7, 11) is -8.08. The zero-order valence-electron chi connectivity index (χ0n) is 25.4. The van der Waals surface area contributed by atoms with Crippen molar-refractivity contribution in [1.29, 1.82) is 0 Å². The van der Waals surface area contributed by atoms with Crippen LogP contribution in [0.1, 0.15) is 27.7 Å². The number of hydrogen-bond acceptors (Lipinski definition) is 8. The smallest absolute Gasteiger partial charge is 0.399 e. The molecule has 0 bridgehead atoms. The lowest BCUT2D eigenvalue weighted by Crippen LogP contribution is -2.41. The van der Waals surface area contributed by atoms with E-state index >= 15 is 0 Å². The second kappa shape index (κ2) is 11.8. The van der Waals surface area contributed by atoms with E-state index in [4.69, 9.17) is 9.31 Å². The minimum atomic E-state index is -3.79. The Labute approximate surface area is 276 Å². The van der Waals surface area contributed by atoms with E-state index in [0.717, 1.165) is 5.39 Å². The van der Waals surface area contributed by atoms with Crippen LogP contribution in [-0.2, 0) is 29.4 Å². The summed E-state index contributed by atoms with van der Waals surface area (Å²) in [5.41, 5.74) is 0.375. The normalized spacial score (nSPS) is 16.0. The molecular weight excluding hydrogens is 691 g/mol. The first-order valence-electron chi connectivity index (χ1n) is 14.3. The van der Waals surface area contributed by atoms with Crippen molar-refractivity contribution in [2.75, 3.05) is 0 Å². The van der Waals surface area contributed by atoms with Crippen molar-refractivity contribution in [3.05, 3.63) is 114 Å². The molecule has 0 unspecified atom stereocenters. The molecule has 4 aromatic heterocycles. The summed E-state index contributed by atoms with van der Waals surface area (Å²) in [4.78, 5) is 8.90. The zero-order chi connectivity index (χ0) is 32.9. The van der Waals surface area contributed by atoms with Crippen LogP contribution in [0.5, 0.6) is 0 Å². The van der Waals surface area contributed by atoms with Crippen molar-refractivity contribution < 1.29 is 26.1 Å². The molecule has 0 saturated carbocycles. The average Bonchev–Trinajstić information content (AvgIpc) is 3.67. The number of aromatic nitrogens is 4. The molecule has 0 radical (unpaired) electrons. The van der Waals surface area contributed by atoms with Gasteiger partial charge in [0.1, 0.15) is 0 Å². The van der Waals surface area contributed by atoms with Gasteiger partial charge in [-0.2, -0.15) is 0 Å². The standard InChI is InChI=1S/C19H21BN2O4S.C13H9BrN2O2S/c1-18(2)19(3,4)26-20(25-18)16-13-22(17-15(16)11-8-12-21-17)27(23,24)14-9-6-5-7-10-14;14-12-9-16(13-11(12)7-4-8-15-13)19(17,18)10-5-2-1-3-6-10/h5-13H,1-4H3;1-9H. The van der Waals surface area contributed by atoms with Gasteiger partial charge in [-0.05, 0) is 92.2 Å². The Kier molecular flexibility index (Phi) is 8.22. The summed E-state index contributed by atoms with van der Waals surface area (Å²) >= 11 is 3.36. The quantitative estimate of drug-likeness (QED) is 0.211. The highest BCUT2D eigenvalue weighted by Gasteiger charge is 2.52. The molecule has 7 rings (SSSR count). The summed E-state index contributed by atoms with van der Waals surface area (Å²) in [5, 5.41) is 1.46. The van der Waals surface area contributed by atoms with E-state index < -0.39 is 38.4 Å². The summed E-state index contributed by atoms with van der Waals surface area (Å²) in [6.45, 7) is 7.85. The highest BCUT2D eigenvalue weighted by Crippen LogP contribution is 2.37. The van der Waals surface area contributed by atoms with Gasteiger partial charge in [0, 0.05) is 45.5 Å².